The van der Waals surface area contributed by atoms with Gasteiger partial charge in [-0.2, -0.15) is 0 Å². The topological polar surface area (TPSA) is 0 Å². The summed E-state index contributed by atoms with van der Waals surface area (Å²) < 4.78 is 0. The first-order valence-corrected chi connectivity index (χ1v) is 2.67. The Morgan fingerprint density at radius 1 is 0.667 bits per heavy atom. The highest BCUT2D eigenvalue weighted by molar-refractivity contribution is 8.49. The third kappa shape index (κ3) is 0.121. The minimum Gasteiger partial charge on any atom is -0.452 e. The first-order valence-electron chi connectivity index (χ1n) is 2.67. The van der Waals surface area contributed by atoms with Crippen LogP contribution in [0.2, 0.25) is 0 Å². The minimum absolute atomic E-state index is 1.09. The Hall–Kier alpha value is 0.390. The maximum atomic E-state index is 2.48. The lowest BCUT2D eigenvalue weighted by Gasteiger charge is -2.27. The Bertz CT molecular complexity index is 72.6. The SMILES string of the molecule is [B-]1B2B1B1[B-]B21. The zero-order chi connectivity index (χ0) is 3.72. The molecule has 0 aromatic heterocycles. The highest BCUT2D eigenvalue weighted by Gasteiger charge is 2.42. The van der Waals surface area contributed by atoms with Crippen molar-refractivity contribution in [3.8, 4) is 0 Å². The van der Waals surface area contributed by atoms with Crippen molar-refractivity contribution in [2.45, 2.75) is 0 Å². The lowest BCUT2D eigenvalue weighted by Crippen LogP contribution is -2.38. The smallest absolute Gasteiger partial charge is 0.274 e. The van der Waals surface area contributed by atoms with E-state index in [0.717, 1.165) is 25.5 Å². The summed E-state index contributed by atoms with van der Waals surface area (Å²) in [6.07, 6.45) is 4.37. The minimum atomic E-state index is 1.09. The zero-order valence-electron chi connectivity index (χ0n) is 3.46. The zero-order valence-corrected chi connectivity index (χ0v) is 3.46. The van der Waals surface area contributed by atoms with Crippen molar-refractivity contribution in [1.29, 1.82) is 0 Å². The first kappa shape index (κ1) is 2.64. The second kappa shape index (κ2) is 0.502. The maximum absolute atomic E-state index is 2.48. The van der Waals surface area contributed by atoms with E-state index < -0.39 is 0 Å². The van der Waals surface area contributed by atoms with Gasteiger partial charge in [-0.1, -0.05) is 0 Å². The molecule has 0 atom stereocenters. The van der Waals surface area contributed by atoms with Gasteiger partial charge in [0.1, 0.15) is 0 Å². The Kier molecular flexibility index (Phi) is 0.220. The Morgan fingerprint density at radius 3 is 1.17 bits per heavy atom. The number of rotatable bonds is 0. The van der Waals surface area contributed by atoms with Crippen LogP contribution in [0.5, 0.6) is 0 Å². The maximum Gasteiger partial charge on any atom is -0.274 e. The molecule has 3 aliphatic heterocycles. The van der Waals surface area contributed by atoms with E-state index in [1.54, 1.807) is 0 Å². The lowest BCUT2D eigenvalue weighted by molar-refractivity contribution is 3.75. The second-order valence-electron chi connectivity index (χ2n) is 2.69. The van der Waals surface area contributed by atoms with Crippen LogP contribution in [-0.2, 0) is 0 Å². The van der Waals surface area contributed by atoms with E-state index >= 15 is 0 Å². The average molecular weight is 64.9 g/mol. The van der Waals surface area contributed by atoms with Crippen LogP contribution >= 0.6 is 0 Å². The van der Waals surface area contributed by atoms with Crippen LogP contribution in [0.3, 0.4) is 0 Å². The van der Waals surface area contributed by atoms with Crippen molar-refractivity contribution in [2.75, 3.05) is 0 Å². The van der Waals surface area contributed by atoms with Crippen LogP contribution in [0.4, 0.5) is 0 Å². The molecule has 0 aromatic rings. The van der Waals surface area contributed by atoms with Crippen molar-refractivity contribution in [2.24, 2.45) is 0 Å². The Labute approximate surface area is 40.5 Å². The molecular weight excluding hydrogens is 64.9 g/mol. The fraction of sp³-hybridized carbons (Fsp3) is 0. The van der Waals surface area contributed by atoms with E-state index in [9.17, 15) is 0 Å². The number of fused-ring (bicyclic) bond motifs is 4. The molecule has 3 fully saturated rings. The molecule has 0 bridgehead atoms. The molecule has 3 heterocycles. The van der Waals surface area contributed by atoms with Gasteiger partial charge in [-0.25, -0.2) is 0 Å². The van der Waals surface area contributed by atoms with Gasteiger partial charge in [0.05, 0.1) is 0 Å². The van der Waals surface area contributed by atoms with Gasteiger partial charge in [-0.05, 0) is 0 Å². The largest absolute Gasteiger partial charge is 0.452 e. The van der Waals surface area contributed by atoms with Crippen molar-refractivity contribution in [3.05, 3.63) is 0 Å². The quantitative estimate of drug-likeness (QED) is 0.279. The monoisotopic (exact) mass is 66.1 g/mol. The molecule has 0 spiro atoms. The van der Waals surface area contributed by atoms with Crippen molar-refractivity contribution < 1.29 is 0 Å². The standard InChI is InChI=1S/B6/c1-3-4(1)6-2-5(3)6/q-2. The third-order valence-electron chi connectivity index (χ3n) is 2.38. The summed E-state index contributed by atoms with van der Waals surface area (Å²) in [6, 6.07) is 0. The molecule has 0 amide bonds. The Balaban J connectivity index is 2.15. The van der Waals surface area contributed by atoms with Crippen LogP contribution in [-0.4, -0.2) is 39.7 Å². The molecule has 20 valence electrons. The normalized spacial score (nSPS) is 32.0. The fourth-order valence-electron chi connectivity index (χ4n) is 1.78. The summed E-state index contributed by atoms with van der Waals surface area (Å²) in [5.41, 5.74) is 0. The van der Waals surface area contributed by atoms with Gasteiger partial charge in [-0.3, -0.25) is 25.5 Å². The van der Waals surface area contributed by atoms with Crippen LogP contribution in [0.1, 0.15) is 0 Å². The number of hydrogen-bond acceptors (Lipinski definition) is 0. The molecule has 0 saturated carbocycles. The van der Waals surface area contributed by atoms with Gasteiger partial charge < -0.3 is 14.1 Å². The summed E-state index contributed by atoms with van der Waals surface area (Å²) in [7, 11) is 4.96. The van der Waals surface area contributed by atoms with E-state index in [2.05, 4.69) is 14.1 Å². The Morgan fingerprint density at radius 2 is 1.00 bits per heavy atom. The van der Waals surface area contributed by atoms with Crippen molar-refractivity contribution in [3.63, 3.8) is 0 Å². The average Bonchev–Trinajstić information content (AvgIpc) is 2.04. The van der Waals surface area contributed by atoms with E-state index in [1.807, 2.05) is 0 Å². The molecule has 3 rings (SSSR count). The van der Waals surface area contributed by atoms with Crippen LogP contribution < -0.4 is 0 Å². The second-order valence-corrected chi connectivity index (χ2v) is 2.69. The van der Waals surface area contributed by atoms with Crippen molar-refractivity contribution in [1.82, 2.24) is 0 Å². The summed E-state index contributed by atoms with van der Waals surface area (Å²) in [5.74, 6) is 0. The summed E-state index contributed by atoms with van der Waals surface area (Å²) >= 11 is 0. The molecular formula is B6-2. The van der Waals surface area contributed by atoms with Crippen LogP contribution in [0.15, 0.2) is 0 Å². The van der Waals surface area contributed by atoms with Crippen LogP contribution in [0, 0.1) is 0 Å². The van der Waals surface area contributed by atoms with Crippen LogP contribution in [0.25, 0.3) is 0 Å². The van der Waals surface area contributed by atoms with Gasteiger partial charge in [0.25, 0.3) is 0 Å². The fourth-order valence-corrected chi connectivity index (χ4v) is 1.78. The van der Waals surface area contributed by atoms with E-state index in [-0.39, 0.29) is 0 Å². The highest BCUT2D eigenvalue weighted by Crippen LogP contribution is 2.35. The molecule has 3 saturated heterocycles. The predicted octanol–water partition coefficient (Wildman–Crippen LogP) is -2.28. The van der Waals surface area contributed by atoms with Gasteiger partial charge in [0.2, 0.25) is 0 Å². The van der Waals surface area contributed by atoms with E-state index in [1.165, 1.54) is 0 Å². The van der Waals surface area contributed by atoms with Crippen molar-refractivity contribution >= 4 is 39.7 Å². The number of hydrogen-bond donors (Lipinski definition) is 0. The third-order valence-corrected chi connectivity index (χ3v) is 2.38. The molecule has 0 N–H and O–H groups in total. The van der Waals surface area contributed by atoms with Gasteiger partial charge in [0.15, 0.2) is 0 Å². The lowest BCUT2D eigenvalue weighted by atomic mass is 8.81. The molecule has 0 aliphatic carbocycles. The molecule has 4 radical (unpaired) electrons. The molecule has 6 heteroatoms. The summed E-state index contributed by atoms with van der Waals surface area (Å²) in [6.45, 7) is 0. The highest BCUT2D eigenvalue weighted by atomic mass is 13.5. The van der Waals surface area contributed by atoms with E-state index in [4.69, 9.17) is 0 Å². The summed E-state index contributed by atoms with van der Waals surface area (Å²) in [5, 5.41) is 0. The molecule has 3 aliphatic rings. The molecule has 0 nitrogen and oxygen atoms in total. The first-order chi connectivity index (χ1) is 2.97. The van der Waals surface area contributed by atoms with Gasteiger partial charge in [-0.15, -0.1) is 0 Å². The van der Waals surface area contributed by atoms with E-state index in [0.29, 0.717) is 0 Å². The summed E-state index contributed by atoms with van der Waals surface area (Å²) in [4.78, 5) is 0. The molecule has 0 unspecified atom stereocenters. The molecule has 6 heavy (non-hydrogen) atoms. The van der Waals surface area contributed by atoms with Gasteiger partial charge >= 0.3 is 0 Å². The van der Waals surface area contributed by atoms with Gasteiger partial charge in [0, 0.05) is 0 Å². The predicted molar refractivity (Wildman–Crippen MR) is 34.5 cm³/mol. The molecule has 0 aromatic carbocycles.